The number of aliphatic hydroxyl groups is 1. The Morgan fingerprint density at radius 2 is 2.00 bits per heavy atom. The Morgan fingerprint density at radius 1 is 1.46 bits per heavy atom. The highest BCUT2D eigenvalue weighted by atomic mass is 16.2. The zero-order chi connectivity index (χ0) is 10.3. The summed E-state index contributed by atoms with van der Waals surface area (Å²) in [7, 11) is 2.07. The van der Waals surface area contributed by atoms with Crippen molar-refractivity contribution < 1.29 is 5.11 Å². The van der Waals surface area contributed by atoms with E-state index >= 15 is 0 Å². The van der Waals surface area contributed by atoms with E-state index in [0.717, 1.165) is 12.5 Å². The average Bonchev–Trinajstić information content (AvgIpc) is 2.45. The molecular formula is C11H25NO. The number of hydrogen-bond donors (Lipinski definition) is 2. The van der Waals surface area contributed by atoms with Crippen LogP contribution in [-0.2, 0) is 0 Å². The van der Waals surface area contributed by atoms with Crippen molar-refractivity contribution in [2.24, 2.45) is 5.41 Å². The summed E-state index contributed by atoms with van der Waals surface area (Å²) in [6, 6.07) is 0.762. The first-order valence-electron chi connectivity index (χ1n) is 5.36. The summed E-state index contributed by atoms with van der Waals surface area (Å²) in [6.07, 6.45) is 5.03. The predicted octanol–water partition coefficient (Wildman–Crippen LogP) is 2.17. The molecule has 2 nitrogen and oxygen atoms in total. The zero-order valence-electron chi connectivity index (χ0n) is 9.56. The van der Waals surface area contributed by atoms with Crippen LogP contribution in [0.3, 0.4) is 0 Å². The summed E-state index contributed by atoms with van der Waals surface area (Å²) in [5.74, 6) is 0. The molecule has 1 aliphatic rings. The van der Waals surface area contributed by atoms with Crippen LogP contribution >= 0.6 is 0 Å². The van der Waals surface area contributed by atoms with Gasteiger partial charge in [0, 0.05) is 12.6 Å². The van der Waals surface area contributed by atoms with E-state index in [1.54, 1.807) is 0 Å². The molecule has 0 aromatic carbocycles. The van der Waals surface area contributed by atoms with Crippen LogP contribution in [-0.4, -0.2) is 24.8 Å². The van der Waals surface area contributed by atoms with E-state index in [4.69, 9.17) is 5.11 Å². The fourth-order valence-electron chi connectivity index (χ4n) is 1.86. The SMILES string of the molecule is CCCO.CNC1CCCC1(C)C. The standard InChI is InChI=1S/C8H17N.C3H8O/c1-8(2)6-4-5-7(8)9-3;1-2-3-4/h7,9H,4-6H2,1-3H3;4H,2-3H2,1H3. The summed E-state index contributed by atoms with van der Waals surface area (Å²) in [6.45, 7) is 6.95. The molecule has 0 spiro atoms. The third-order valence-corrected chi connectivity index (χ3v) is 2.83. The molecular weight excluding hydrogens is 162 g/mol. The summed E-state index contributed by atoms with van der Waals surface area (Å²) in [5.41, 5.74) is 0.550. The highest BCUT2D eigenvalue weighted by molar-refractivity contribution is 4.88. The van der Waals surface area contributed by atoms with E-state index in [1.165, 1.54) is 19.3 Å². The Balaban J connectivity index is 0.000000310. The van der Waals surface area contributed by atoms with Gasteiger partial charge in [-0.3, -0.25) is 0 Å². The minimum Gasteiger partial charge on any atom is -0.396 e. The van der Waals surface area contributed by atoms with Crippen LogP contribution in [0, 0.1) is 5.41 Å². The maximum absolute atomic E-state index is 7.88. The van der Waals surface area contributed by atoms with Crippen molar-refractivity contribution in [1.82, 2.24) is 5.32 Å². The van der Waals surface area contributed by atoms with Gasteiger partial charge in [-0.1, -0.05) is 27.2 Å². The number of aliphatic hydroxyl groups excluding tert-OH is 1. The minimum absolute atomic E-state index is 0.319. The average molecular weight is 187 g/mol. The lowest BCUT2D eigenvalue weighted by Gasteiger charge is -2.26. The normalized spacial score (nSPS) is 25.2. The van der Waals surface area contributed by atoms with Crippen molar-refractivity contribution in [3.63, 3.8) is 0 Å². The van der Waals surface area contributed by atoms with Gasteiger partial charge in [-0.15, -0.1) is 0 Å². The first kappa shape index (κ1) is 12.9. The molecule has 0 heterocycles. The van der Waals surface area contributed by atoms with Gasteiger partial charge >= 0.3 is 0 Å². The van der Waals surface area contributed by atoms with Gasteiger partial charge < -0.3 is 10.4 Å². The lowest BCUT2D eigenvalue weighted by atomic mass is 9.88. The molecule has 0 aromatic heterocycles. The Kier molecular flexibility index (Phi) is 6.35. The molecule has 1 rings (SSSR count). The van der Waals surface area contributed by atoms with Crippen LogP contribution in [0.15, 0.2) is 0 Å². The van der Waals surface area contributed by atoms with E-state index in [9.17, 15) is 0 Å². The molecule has 2 N–H and O–H groups in total. The second kappa shape index (κ2) is 6.39. The zero-order valence-corrected chi connectivity index (χ0v) is 9.56. The van der Waals surface area contributed by atoms with E-state index in [1.807, 2.05) is 6.92 Å². The predicted molar refractivity (Wildman–Crippen MR) is 57.9 cm³/mol. The molecule has 80 valence electrons. The fourth-order valence-corrected chi connectivity index (χ4v) is 1.86. The maximum Gasteiger partial charge on any atom is 0.0428 e. The number of hydrogen-bond acceptors (Lipinski definition) is 2. The Bertz CT molecular complexity index is 121. The number of rotatable bonds is 2. The highest BCUT2D eigenvalue weighted by Crippen LogP contribution is 2.36. The lowest BCUT2D eigenvalue weighted by Crippen LogP contribution is -2.34. The maximum atomic E-state index is 7.88. The second-order valence-electron chi connectivity index (χ2n) is 4.45. The van der Waals surface area contributed by atoms with E-state index < -0.39 is 0 Å². The molecule has 0 saturated heterocycles. The number of nitrogens with one attached hydrogen (secondary N) is 1. The van der Waals surface area contributed by atoms with Gasteiger partial charge in [-0.05, 0) is 31.7 Å². The molecule has 1 saturated carbocycles. The molecule has 0 amide bonds. The van der Waals surface area contributed by atoms with Crippen LogP contribution in [0.1, 0.15) is 46.5 Å². The Labute approximate surface area is 82.7 Å². The molecule has 0 radical (unpaired) electrons. The molecule has 13 heavy (non-hydrogen) atoms. The van der Waals surface area contributed by atoms with Crippen molar-refractivity contribution in [1.29, 1.82) is 0 Å². The molecule has 1 aliphatic carbocycles. The largest absolute Gasteiger partial charge is 0.396 e. The van der Waals surface area contributed by atoms with Gasteiger partial charge in [0.15, 0.2) is 0 Å². The van der Waals surface area contributed by atoms with Crippen LogP contribution in [0.25, 0.3) is 0 Å². The molecule has 0 bridgehead atoms. The van der Waals surface area contributed by atoms with Gasteiger partial charge in [0.05, 0.1) is 0 Å². The summed E-state index contributed by atoms with van der Waals surface area (Å²) in [4.78, 5) is 0. The molecule has 0 aliphatic heterocycles. The summed E-state index contributed by atoms with van der Waals surface area (Å²) >= 11 is 0. The second-order valence-corrected chi connectivity index (χ2v) is 4.45. The van der Waals surface area contributed by atoms with Crippen LogP contribution in [0.2, 0.25) is 0 Å². The molecule has 0 aromatic rings. The van der Waals surface area contributed by atoms with E-state index in [2.05, 4.69) is 26.2 Å². The van der Waals surface area contributed by atoms with Crippen molar-refractivity contribution in [2.75, 3.05) is 13.7 Å². The van der Waals surface area contributed by atoms with Gasteiger partial charge in [-0.2, -0.15) is 0 Å². The van der Waals surface area contributed by atoms with Crippen molar-refractivity contribution in [2.45, 2.75) is 52.5 Å². The van der Waals surface area contributed by atoms with Crippen LogP contribution in [0.5, 0.6) is 0 Å². The lowest BCUT2D eigenvalue weighted by molar-refractivity contribution is 0.295. The fraction of sp³-hybridized carbons (Fsp3) is 1.00. The van der Waals surface area contributed by atoms with Crippen molar-refractivity contribution in [3.05, 3.63) is 0 Å². The highest BCUT2D eigenvalue weighted by Gasteiger charge is 2.32. The minimum atomic E-state index is 0.319. The van der Waals surface area contributed by atoms with E-state index in [-0.39, 0.29) is 0 Å². The van der Waals surface area contributed by atoms with Gasteiger partial charge in [-0.25, -0.2) is 0 Å². The monoisotopic (exact) mass is 187 g/mol. The van der Waals surface area contributed by atoms with Crippen LogP contribution < -0.4 is 5.32 Å². The molecule has 1 atom stereocenters. The quantitative estimate of drug-likeness (QED) is 0.694. The van der Waals surface area contributed by atoms with Crippen molar-refractivity contribution in [3.8, 4) is 0 Å². The summed E-state index contributed by atoms with van der Waals surface area (Å²) in [5, 5.41) is 11.2. The topological polar surface area (TPSA) is 32.3 Å². The van der Waals surface area contributed by atoms with Gasteiger partial charge in [0.1, 0.15) is 0 Å². The van der Waals surface area contributed by atoms with Gasteiger partial charge in [0.25, 0.3) is 0 Å². The third-order valence-electron chi connectivity index (χ3n) is 2.83. The molecule has 1 unspecified atom stereocenters. The smallest absolute Gasteiger partial charge is 0.0428 e. The third kappa shape index (κ3) is 4.63. The Morgan fingerprint density at radius 3 is 2.15 bits per heavy atom. The van der Waals surface area contributed by atoms with Crippen LogP contribution in [0.4, 0.5) is 0 Å². The molecule has 1 fully saturated rings. The first-order valence-corrected chi connectivity index (χ1v) is 5.36. The van der Waals surface area contributed by atoms with Crippen molar-refractivity contribution >= 4 is 0 Å². The summed E-state index contributed by atoms with van der Waals surface area (Å²) < 4.78 is 0. The van der Waals surface area contributed by atoms with Gasteiger partial charge in [0.2, 0.25) is 0 Å². The molecule has 2 heteroatoms. The Hall–Kier alpha value is -0.0800. The van der Waals surface area contributed by atoms with E-state index in [0.29, 0.717) is 12.0 Å². The first-order chi connectivity index (χ1) is 6.08.